The minimum Gasteiger partial charge on any atom is -0.306 e. The largest absolute Gasteiger partial charge is 0.306 e. The summed E-state index contributed by atoms with van der Waals surface area (Å²) in [5.41, 5.74) is 0.909. The minimum atomic E-state index is -2.30. The minimum absolute atomic E-state index is 0.0539. The highest BCUT2D eigenvalue weighted by Gasteiger charge is 2.12. The Labute approximate surface area is 111 Å². The van der Waals surface area contributed by atoms with Gasteiger partial charge < -0.3 is 5.32 Å². The lowest BCUT2D eigenvalue weighted by Gasteiger charge is -2.19. The smallest absolute Gasteiger partial charge is 0.251 e. The van der Waals surface area contributed by atoms with Gasteiger partial charge in [-0.1, -0.05) is 0 Å². The van der Waals surface area contributed by atoms with Crippen molar-refractivity contribution in [3.8, 4) is 0 Å². The molecule has 1 rings (SSSR count). The van der Waals surface area contributed by atoms with Crippen LogP contribution >= 0.6 is 11.3 Å². The summed E-state index contributed by atoms with van der Waals surface area (Å²) in [6.07, 6.45) is -2.30. The molecule has 0 atom stereocenters. The standard InChI is InChI=1S/C12H21F2N3S/c1-12(2,3)15-5-11-16-9(8-18-11)6-17(4)7-10(13)14/h8,10,15H,5-7H2,1-4H3. The molecular formula is C12H21F2N3S. The van der Waals surface area contributed by atoms with E-state index in [9.17, 15) is 8.78 Å². The normalized spacial score (nSPS) is 12.7. The molecule has 0 spiro atoms. The van der Waals surface area contributed by atoms with Crippen molar-refractivity contribution in [2.75, 3.05) is 13.6 Å². The third kappa shape index (κ3) is 6.37. The fraction of sp³-hybridized carbons (Fsp3) is 0.750. The first kappa shape index (κ1) is 15.5. The van der Waals surface area contributed by atoms with Gasteiger partial charge in [0.15, 0.2) is 0 Å². The van der Waals surface area contributed by atoms with Crippen molar-refractivity contribution in [1.82, 2.24) is 15.2 Å². The van der Waals surface area contributed by atoms with E-state index < -0.39 is 6.43 Å². The first-order valence-corrected chi connectivity index (χ1v) is 6.79. The number of halogens is 2. The molecule has 1 heterocycles. The van der Waals surface area contributed by atoms with Gasteiger partial charge >= 0.3 is 0 Å². The Morgan fingerprint density at radius 2 is 2.11 bits per heavy atom. The lowest BCUT2D eigenvalue weighted by atomic mass is 10.1. The Morgan fingerprint density at radius 1 is 1.44 bits per heavy atom. The van der Waals surface area contributed by atoms with Crippen LogP contribution in [0.3, 0.4) is 0 Å². The number of alkyl halides is 2. The molecule has 3 nitrogen and oxygen atoms in total. The van der Waals surface area contributed by atoms with Gasteiger partial charge in [-0.15, -0.1) is 11.3 Å². The molecule has 0 fully saturated rings. The van der Waals surface area contributed by atoms with Crippen LogP contribution in [-0.2, 0) is 13.1 Å². The Morgan fingerprint density at radius 3 is 2.67 bits per heavy atom. The maximum Gasteiger partial charge on any atom is 0.251 e. The first-order valence-electron chi connectivity index (χ1n) is 5.91. The second kappa shape index (κ2) is 6.54. The van der Waals surface area contributed by atoms with Gasteiger partial charge in [-0.25, -0.2) is 13.8 Å². The highest BCUT2D eigenvalue weighted by Crippen LogP contribution is 2.13. The second-order valence-corrected chi connectivity index (χ2v) is 6.37. The van der Waals surface area contributed by atoms with Crippen LogP contribution in [0.1, 0.15) is 31.5 Å². The summed E-state index contributed by atoms with van der Waals surface area (Å²) >= 11 is 1.56. The third-order valence-corrected chi connectivity index (χ3v) is 3.15. The van der Waals surface area contributed by atoms with Crippen molar-refractivity contribution >= 4 is 11.3 Å². The summed E-state index contributed by atoms with van der Waals surface area (Å²) in [5.74, 6) is 0. The molecule has 0 unspecified atom stereocenters. The topological polar surface area (TPSA) is 28.2 Å². The molecule has 0 aliphatic carbocycles. The molecule has 1 aromatic heterocycles. The Hall–Kier alpha value is -0.590. The SMILES string of the molecule is CN(Cc1csc(CNC(C)(C)C)n1)CC(F)F. The van der Waals surface area contributed by atoms with Crippen LogP contribution in [0, 0.1) is 0 Å². The third-order valence-electron chi connectivity index (χ3n) is 2.25. The molecule has 0 saturated heterocycles. The summed E-state index contributed by atoms with van der Waals surface area (Å²) in [6.45, 7) is 7.25. The molecular weight excluding hydrogens is 256 g/mol. The van der Waals surface area contributed by atoms with Crippen LogP contribution in [-0.4, -0.2) is 35.4 Å². The van der Waals surface area contributed by atoms with E-state index in [1.165, 1.54) is 0 Å². The van der Waals surface area contributed by atoms with E-state index in [4.69, 9.17) is 0 Å². The zero-order valence-corrected chi connectivity index (χ0v) is 12.2. The highest BCUT2D eigenvalue weighted by atomic mass is 32.1. The second-order valence-electron chi connectivity index (χ2n) is 5.42. The summed E-state index contributed by atoms with van der Waals surface area (Å²) in [5, 5.41) is 6.27. The van der Waals surface area contributed by atoms with Crippen molar-refractivity contribution in [1.29, 1.82) is 0 Å². The van der Waals surface area contributed by atoms with Crippen molar-refractivity contribution < 1.29 is 8.78 Å². The van der Waals surface area contributed by atoms with Gasteiger partial charge in [0.2, 0.25) is 0 Å². The highest BCUT2D eigenvalue weighted by molar-refractivity contribution is 7.09. The number of nitrogens with one attached hydrogen (secondary N) is 1. The zero-order chi connectivity index (χ0) is 13.8. The monoisotopic (exact) mass is 277 g/mol. The molecule has 6 heteroatoms. The Bertz CT molecular complexity index is 360. The van der Waals surface area contributed by atoms with Gasteiger partial charge in [0.05, 0.1) is 12.2 Å². The molecule has 0 aromatic carbocycles. The van der Waals surface area contributed by atoms with E-state index >= 15 is 0 Å². The van der Waals surface area contributed by atoms with E-state index in [0.29, 0.717) is 13.1 Å². The molecule has 1 N–H and O–H groups in total. The van der Waals surface area contributed by atoms with Gasteiger partial charge in [0.1, 0.15) is 5.01 Å². The van der Waals surface area contributed by atoms with Crippen LogP contribution < -0.4 is 5.32 Å². The number of hydrogen-bond acceptors (Lipinski definition) is 4. The molecule has 0 bridgehead atoms. The van der Waals surface area contributed by atoms with Crippen molar-refractivity contribution in [2.24, 2.45) is 0 Å². The first-order chi connectivity index (χ1) is 8.26. The number of nitrogens with zero attached hydrogens (tertiary/aromatic N) is 2. The van der Waals surface area contributed by atoms with Crippen molar-refractivity contribution in [2.45, 2.75) is 45.8 Å². The van der Waals surface area contributed by atoms with Gasteiger partial charge in [0.25, 0.3) is 6.43 Å². The number of aromatic nitrogens is 1. The molecule has 104 valence electrons. The molecule has 18 heavy (non-hydrogen) atoms. The number of thiazole rings is 1. The number of rotatable bonds is 6. The van der Waals surface area contributed by atoms with Crippen LogP contribution in [0.15, 0.2) is 5.38 Å². The van der Waals surface area contributed by atoms with Crippen LogP contribution in [0.4, 0.5) is 8.78 Å². The molecule has 1 aromatic rings. The zero-order valence-electron chi connectivity index (χ0n) is 11.3. The van der Waals surface area contributed by atoms with Gasteiger partial charge in [-0.2, -0.15) is 0 Å². The van der Waals surface area contributed by atoms with Crippen LogP contribution in [0.25, 0.3) is 0 Å². The molecule has 0 aliphatic heterocycles. The molecule has 0 aliphatic rings. The van der Waals surface area contributed by atoms with Crippen LogP contribution in [0.2, 0.25) is 0 Å². The Balaban J connectivity index is 2.43. The lowest BCUT2D eigenvalue weighted by molar-refractivity contribution is 0.0971. The predicted molar refractivity (Wildman–Crippen MR) is 71.0 cm³/mol. The predicted octanol–water partition coefficient (Wildman–Crippen LogP) is 2.73. The fourth-order valence-electron chi connectivity index (χ4n) is 1.42. The maximum atomic E-state index is 12.2. The summed E-state index contributed by atoms with van der Waals surface area (Å²) < 4.78 is 24.4. The average molecular weight is 277 g/mol. The number of hydrogen-bond donors (Lipinski definition) is 1. The summed E-state index contributed by atoms with van der Waals surface area (Å²) in [4.78, 5) is 6.01. The average Bonchev–Trinajstić information content (AvgIpc) is 2.60. The van der Waals surface area contributed by atoms with E-state index in [-0.39, 0.29) is 12.1 Å². The van der Waals surface area contributed by atoms with Gasteiger partial charge in [0, 0.05) is 24.0 Å². The van der Waals surface area contributed by atoms with E-state index in [1.54, 1.807) is 23.3 Å². The fourth-order valence-corrected chi connectivity index (χ4v) is 2.14. The van der Waals surface area contributed by atoms with Crippen LogP contribution in [0.5, 0.6) is 0 Å². The molecule has 0 amide bonds. The van der Waals surface area contributed by atoms with Crippen molar-refractivity contribution in [3.63, 3.8) is 0 Å². The summed E-state index contributed by atoms with van der Waals surface area (Å²) in [6, 6.07) is 0. The summed E-state index contributed by atoms with van der Waals surface area (Å²) in [7, 11) is 1.68. The van der Waals surface area contributed by atoms with Crippen molar-refractivity contribution in [3.05, 3.63) is 16.1 Å². The Kier molecular flexibility index (Phi) is 5.62. The maximum absolute atomic E-state index is 12.2. The van der Waals surface area contributed by atoms with E-state index in [2.05, 4.69) is 31.1 Å². The molecule has 0 radical (unpaired) electrons. The van der Waals surface area contributed by atoms with E-state index in [0.717, 1.165) is 10.7 Å². The van der Waals surface area contributed by atoms with Gasteiger partial charge in [-0.05, 0) is 27.8 Å². The lowest BCUT2D eigenvalue weighted by Crippen LogP contribution is -2.35. The van der Waals surface area contributed by atoms with Gasteiger partial charge in [-0.3, -0.25) is 4.90 Å². The molecule has 0 saturated carbocycles. The quantitative estimate of drug-likeness (QED) is 0.866. The van der Waals surface area contributed by atoms with E-state index in [1.807, 2.05) is 5.38 Å².